The number of benzene rings is 1. The van der Waals surface area contributed by atoms with Crippen LogP contribution in [0.4, 0.5) is 0 Å². The molecule has 0 aliphatic rings. The Kier molecular flexibility index (Phi) is 6.13. The molecular formula is C20H25N3O. The van der Waals surface area contributed by atoms with Gasteiger partial charge in [0.1, 0.15) is 18.1 Å². The molecule has 3 aromatic rings. The summed E-state index contributed by atoms with van der Waals surface area (Å²) in [5.41, 5.74) is 5.32. The third-order valence-corrected chi connectivity index (χ3v) is 3.55. The van der Waals surface area contributed by atoms with Gasteiger partial charge in [-0.2, -0.15) is 5.10 Å². The van der Waals surface area contributed by atoms with E-state index in [1.807, 2.05) is 77.5 Å². The van der Waals surface area contributed by atoms with Crippen molar-refractivity contribution in [2.75, 3.05) is 0 Å². The summed E-state index contributed by atoms with van der Waals surface area (Å²) in [4.78, 5) is 4.43. The van der Waals surface area contributed by atoms with Crippen molar-refractivity contribution < 1.29 is 4.74 Å². The zero-order valence-corrected chi connectivity index (χ0v) is 15.1. The van der Waals surface area contributed by atoms with E-state index in [4.69, 9.17) is 4.74 Å². The Hall–Kier alpha value is -2.62. The van der Waals surface area contributed by atoms with E-state index in [1.54, 1.807) is 4.68 Å². The average molecular weight is 323 g/mol. The minimum atomic E-state index is 0.481. The van der Waals surface area contributed by atoms with Crippen LogP contribution in [0.5, 0.6) is 5.75 Å². The van der Waals surface area contributed by atoms with Gasteiger partial charge in [-0.3, -0.25) is 9.67 Å². The van der Waals surface area contributed by atoms with Gasteiger partial charge < -0.3 is 4.74 Å². The molecule has 2 heterocycles. The van der Waals surface area contributed by atoms with Crippen molar-refractivity contribution in [1.82, 2.24) is 14.8 Å². The Balaban J connectivity index is 0.00000100. The Morgan fingerprint density at radius 1 is 1.00 bits per heavy atom. The monoisotopic (exact) mass is 323 g/mol. The number of aryl methyl sites for hydroxylation is 3. The molecule has 0 saturated carbocycles. The highest BCUT2D eigenvalue weighted by atomic mass is 16.5. The van der Waals surface area contributed by atoms with E-state index in [0.717, 1.165) is 33.8 Å². The number of nitrogens with zero attached hydrogens (tertiary/aromatic N) is 3. The summed E-state index contributed by atoms with van der Waals surface area (Å²) in [6.07, 6.45) is 3.87. The summed E-state index contributed by atoms with van der Waals surface area (Å²) in [5.74, 6) is 0.834. The molecule has 0 bridgehead atoms. The normalized spacial score (nSPS) is 10.0. The Labute approximate surface area is 144 Å². The summed E-state index contributed by atoms with van der Waals surface area (Å²) in [6.45, 7) is 8.56. The number of aromatic nitrogens is 3. The van der Waals surface area contributed by atoms with Crippen LogP contribution in [0.3, 0.4) is 0 Å². The standard InChI is InChI=1S/C18H19N3O.C2H6/c1-13-4-9-17(19-10-13)15-5-7-16(8-6-15)22-12-18-14(2)11-21(3)20-18;1-2/h4-11H,12H2,1-3H3;1-2H3. The van der Waals surface area contributed by atoms with Gasteiger partial charge >= 0.3 is 0 Å². The average Bonchev–Trinajstić information content (AvgIpc) is 2.93. The summed E-state index contributed by atoms with van der Waals surface area (Å²) >= 11 is 0. The highest BCUT2D eigenvalue weighted by Crippen LogP contribution is 2.21. The second kappa shape index (κ2) is 8.29. The van der Waals surface area contributed by atoms with E-state index in [1.165, 1.54) is 0 Å². The molecular weight excluding hydrogens is 298 g/mol. The SMILES string of the molecule is CC.Cc1ccc(-c2ccc(OCc3nn(C)cc3C)cc2)nc1. The van der Waals surface area contributed by atoms with Gasteiger partial charge in [0.25, 0.3) is 0 Å². The van der Waals surface area contributed by atoms with Crippen LogP contribution in [0.15, 0.2) is 48.8 Å². The molecule has 4 heteroatoms. The fraction of sp³-hybridized carbons (Fsp3) is 0.300. The molecule has 24 heavy (non-hydrogen) atoms. The summed E-state index contributed by atoms with van der Waals surface area (Å²) in [6, 6.07) is 12.1. The van der Waals surface area contributed by atoms with Crippen LogP contribution in [0.25, 0.3) is 11.3 Å². The number of hydrogen-bond acceptors (Lipinski definition) is 3. The predicted octanol–water partition coefficient (Wildman–Crippen LogP) is 4.70. The first-order valence-electron chi connectivity index (χ1n) is 8.27. The predicted molar refractivity (Wildman–Crippen MR) is 98.0 cm³/mol. The Morgan fingerprint density at radius 2 is 1.71 bits per heavy atom. The first-order chi connectivity index (χ1) is 11.6. The summed E-state index contributed by atoms with van der Waals surface area (Å²) in [5, 5.41) is 4.38. The van der Waals surface area contributed by atoms with Gasteiger partial charge in [0.05, 0.1) is 5.69 Å². The molecule has 0 aliphatic carbocycles. The summed E-state index contributed by atoms with van der Waals surface area (Å²) < 4.78 is 7.61. The molecule has 2 aromatic heterocycles. The molecule has 0 unspecified atom stereocenters. The molecule has 0 spiro atoms. The second-order valence-electron chi connectivity index (χ2n) is 5.47. The van der Waals surface area contributed by atoms with Gasteiger partial charge in [0.15, 0.2) is 0 Å². The third kappa shape index (κ3) is 4.44. The van der Waals surface area contributed by atoms with E-state index >= 15 is 0 Å². The van der Waals surface area contributed by atoms with Crippen LogP contribution in [-0.2, 0) is 13.7 Å². The third-order valence-electron chi connectivity index (χ3n) is 3.55. The molecule has 0 amide bonds. The molecule has 4 nitrogen and oxygen atoms in total. The lowest BCUT2D eigenvalue weighted by molar-refractivity contribution is 0.299. The molecule has 3 rings (SSSR count). The smallest absolute Gasteiger partial charge is 0.132 e. The molecule has 0 fully saturated rings. The lowest BCUT2D eigenvalue weighted by atomic mass is 10.1. The second-order valence-corrected chi connectivity index (χ2v) is 5.47. The van der Waals surface area contributed by atoms with Crippen molar-refractivity contribution in [1.29, 1.82) is 0 Å². The number of hydrogen-bond donors (Lipinski definition) is 0. The van der Waals surface area contributed by atoms with Gasteiger partial charge in [0.2, 0.25) is 0 Å². The van der Waals surface area contributed by atoms with E-state index in [-0.39, 0.29) is 0 Å². The van der Waals surface area contributed by atoms with Gasteiger partial charge in [0, 0.05) is 25.0 Å². The largest absolute Gasteiger partial charge is 0.487 e. The van der Waals surface area contributed by atoms with Gasteiger partial charge in [-0.1, -0.05) is 19.9 Å². The van der Waals surface area contributed by atoms with Gasteiger partial charge in [-0.25, -0.2) is 0 Å². The van der Waals surface area contributed by atoms with Crippen LogP contribution >= 0.6 is 0 Å². The minimum Gasteiger partial charge on any atom is -0.487 e. The Bertz CT molecular complexity index is 759. The quantitative estimate of drug-likeness (QED) is 0.698. The van der Waals surface area contributed by atoms with E-state index < -0.39 is 0 Å². The lowest BCUT2D eigenvalue weighted by Crippen LogP contribution is -1.99. The zero-order chi connectivity index (χ0) is 17.5. The van der Waals surface area contributed by atoms with Crippen molar-refractivity contribution in [3.63, 3.8) is 0 Å². The van der Waals surface area contributed by atoms with Crippen molar-refractivity contribution in [3.8, 4) is 17.0 Å². The van der Waals surface area contributed by atoms with Gasteiger partial charge in [-0.05, 0) is 55.3 Å². The first-order valence-corrected chi connectivity index (χ1v) is 8.27. The maximum absolute atomic E-state index is 5.80. The molecule has 1 aromatic carbocycles. The van der Waals surface area contributed by atoms with E-state index in [9.17, 15) is 0 Å². The maximum atomic E-state index is 5.80. The first kappa shape index (κ1) is 17.7. The van der Waals surface area contributed by atoms with Crippen LogP contribution < -0.4 is 4.74 Å². The van der Waals surface area contributed by atoms with E-state index in [2.05, 4.69) is 16.1 Å². The molecule has 0 atom stereocenters. The zero-order valence-electron chi connectivity index (χ0n) is 15.1. The molecule has 0 N–H and O–H groups in total. The molecule has 0 aliphatic heterocycles. The fourth-order valence-corrected chi connectivity index (χ4v) is 2.31. The topological polar surface area (TPSA) is 39.9 Å². The van der Waals surface area contributed by atoms with Crippen molar-refractivity contribution in [3.05, 3.63) is 65.6 Å². The molecule has 126 valence electrons. The number of ether oxygens (including phenoxy) is 1. The molecule has 0 saturated heterocycles. The Morgan fingerprint density at radius 3 is 2.25 bits per heavy atom. The van der Waals surface area contributed by atoms with Crippen molar-refractivity contribution in [2.45, 2.75) is 34.3 Å². The molecule has 0 radical (unpaired) electrons. The van der Waals surface area contributed by atoms with Crippen molar-refractivity contribution in [2.24, 2.45) is 7.05 Å². The van der Waals surface area contributed by atoms with Crippen LogP contribution in [-0.4, -0.2) is 14.8 Å². The fourth-order valence-electron chi connectivity index (χ4n) is 2.31. The van der Waals surface area contributed by atoms with Crippen LogP contribution in [0.2, 0.25) is 0 Å². The maximum Gasteiger partial charge on any atom is 0.132 e. The summed E-state index contributed by atoms with van der Waals surface area (Å²) in [7, 11) is 1.92. The lowest BCUT2D eigenvalue weighted by Gasteiger charge is -2.06. The van der Waals surface area contributed by atoms with Crippen LogP contribution in [0, 0.1) is 13.8 Å². The number of pyridine rings is 1. The highest BCUT2D eigenvalue weighted by Gasteiger charge is 2.05. The van der Waals surface area contributed by atoms with E-state index in [0.29, 0.717) is 6.61 Å². The highest BCUT2D eigenvalue weighted by molar-refractivity contribution is 5.60. The van der Waals surface area contributed by atoms with Crippen LogP contribution in [0.1, 0.15) is 30.7 Å². The number of rotatable bonds is 4. The minimum absolute atomic E-state index is 0.481. The van der Waals surface area contributed by atoms with Crippen molar-refractivity contribution >= 4 is 0 Å². The van der Waals surface area contributed by atoms with Gasteiger partial charge in [-0.15, -0.1) is 0 Å².